The number of hydrogen-bond donors (Lipinski definition) is 1. The third kappa shape index (κ3) is 2.51. The number of Topliss-reactive ketones (excluding diaryl/α,β-unsaturated/α-hetero) is 1. The number of aliphatic hydroxyl groups excluding tert-OH is 1. The zero-order valence-corrected chi connectivity index (χ0v) is 13.4. The molecule has 3 rings (SSSR count). The minimum Gasteiger partial charge on any atom is -0.497 e. The number of hydrogen-bond acceptors (Lipinski definition) is 4. The van der Waals surface area contributed by atoms with E-state index in [-0.39, 0.29) is 5.78 Å². The minimum atomic E-state index is -1.20. The van der Waals surface area contributed by atoms with E-state index in [1.165, 1.54) is 0 Å². The van der Waals surface area contributed by atoms with Crippen LogP contribution in [0, 0.1) is 3.57 Å². The first kappa shape index (κ1) is 14.3. The molecule has 0 bridgehead atoms. The molecule has 0 saturated carbocycles. The summed E-state index contributed by atoms with van der Waals surface area (Å²) in [7, 11) is 1.59. The lowest BCUT2D eigenvalue weighted by Gasteiger charge is -2.30. The number of fused-ring (bicyclic) bond motifs is 1. The summed E-state index contributed by atoms with van der Waals surface area (Å²) in [5.41, 5.74) is 1.17. The van der Waals surface area contributed by atoms with E-state index in [0.717, 1.165) is 9.13 Å². The van der Waals surface area contributed by atoms with Crippen molar-refractivity contribution in [1.29, 1.82) is 0 Å². The van der Waals surface area contributed by atoms with Gasteiger partial charge in [-0.3, -0.25) is 4.79 Å². The van der Waals surface area contributed by atoms with Gasteiger partial charge in [-0.1, -0.05) is 18.2 Å². The third-order valence-electron chi connectivity index (χ3n) is 3.48. The van der Waals surface area contributed by atoms with E-state index in [1.54, 1.807) is 43.5 Å². The lowest BCUT2D eigenvalue weighted by molar-refractivity contribution is 0.0212. The molecular formula is C16H13IO4. The van der Waals surface area contributed by atoms with Crippen LogP contribution in [-0.4, -0.2) is 24.1 Å². The van der Waals surface area contributed by atoms with Crippen LogP contribution in [0.2, 0.25) is 0 Å². The molecule has 1 aliphatic heterocycles. The van der Waals surface area contributed by atoms with Gasteiger partial charge in [0.1, 0.15) is 11.5 Å². The largest absolute Gasteiger partial charge is 0.497 e. The predicted molar refractivity (Wildman–Crippen MR) is 85.9 cm³/mol. The number of para-hydroxylation sites is 1. The van der Waals surface area contributed by atoms with Crippen LogP contribution < -0.4 is 9.47 Å². The Bertz CT molecular complexity index is 681. The normalized spacial score (nSPS) is 20.6. The number of halogens is 1. The van der Waals surface area contributed by atoms with Crippen molar-refractivity contribution in [2.45, 2.75) is 12.2 Å². The van der Waals surface area contributed by atoms with Crippen molar-refractivity contribution < 1.29 is 19.4 Å². The number of methoxy groups -OCH3 is 1. The Morgan fingerprint density at radius 2 is 1.90 bits per heavy atom. The molecule has 4 nitrogen and oxygen atoms in total. The molecule has 2 aromatic rings. The highest BCUT2D eigenvalue weighted by Gasteiger charge is 2.37. The molecule has 0 amide bonds. The molecule has 0 aromatic heterocycles. The summed E-state index contributed by atoms with van der Waals surface area (Å²) >= 11 is 2.12. The molecule has 0 radical (unpaired) electrons. The zero-order valence-electron chi connectivity index (χ0n) is 11.2. The van der Waals surface area contributed by atoms with Crippen molar-refractivity contribution in [3.8, 4) is 11.5 Å². The van der Waals surface area contributed by atoms with Gasteiger partial charge >= 0.3 is 0 Å². The highest BCUT2D eigenvalue weighted by Crippen LogP contribution is 2.38. The lowest BCUT2D eigenvalue weighted by Crippen LogP contribution is -2.36. The number of aliphatic hydroxyl groups is 1. The van der Waals surface area contributed by atoms with E-state index in [2.05, 4.69) is 22.6 Å². The van der Waals surface area contributed by atoms with E-state index in [1.807, 2.05) is 6.07 Å². The highest BCUT2D eigenvalue weighted by atomic mass is 127. The van der Waals surface area contributed by atoms with Crippen LogP contribution in [-0.2, 0) is 0 Å². The second-order valence-electron chi connectivity index (χ2n) is 4.74. The Balaban J connectivity index is 2.01. The smallest absolute Gasteiger partial charge is 0.199 e. The Morgan fingerprint density at radius 1 is 1.19 bits per heavy atom. The summed E-state index contributed by atoms with van der Waals surface area (Å²) in [5, 5.41) is 10.2. The van der Waals surface area contributed by atoms with Crippen molar-refractivity contribution in [3.05, 3.63) is 57.2 Å². The number of ketones is 1. The monoisotopic (exact) mass is 396 g/mol. The molecule has 0 fully saturated rings. The van der Waals surface area contributed by atoms with Gasteiger partial charge in [0.15, 0.2) is 18.0 Å². The summed E-state index contributed by atoms with van der Waals surface area (Å²) in [5.74, 6) is 0.940. The Labute approximate surface area is 135 Å². The Kier molecular flexibility index (Phi) is 3.86. The van der Waals surface area contributed by atoms with Gasteiger partial charge in [-0.2, -0.15) is 0 Å². The summed E-state index contributed by atoms with van der Waals surface area (Å²) in [6, 6.07) is 12.5. The van der Waals surface area contributed by atoms with Crippen LogP contribution in [0.4, 0.5) is 0 Å². The molecule has 2 atom stereocenters. The van der Waals surface area contributed by atoms with E-state index in [4.69, 9.17) is 9.47 Å². The van der Waals surface area contributed by atoms with Gasteiger partial charge < -0.3 is 14.6 Å². The van der Waals surface area contributed by atoms with Gasteiger partial charge in [0, 0.05) is 0 Å². The number of ether oxygens (including phenoxy) is 2. The maximum absolute atomic E-state index is 12.3. The SMILES string of the molecule is COc1ccc([C@@H]2Oc3c(I)cccc3C(=O)[C@@H]2O)cc1. The average Bonchev–Trinajstić information content (AvgIpc) is 2.51. The molecule has 0 unspecified atom stereocenters. The van der Waals surface area contributed by atoms with E-state index in [9.17, 15) is 9.90 Å². The van der Waals surface area contributed by atoms with Crippen molar-refractivity contribution in [3.63, 3.8) is 0 Å². The lowest BCUT2D eigenvalue weighted by atomic mass is 9.93. The van der Waals surface area contributed by atoms with Crippen molar-refractivity contribution in [2.75, 3.05) is 7.11 Å². The van der Waals surface area contributed by atoms with Crippen LogP contribution >= 0.6 is 22.6 Å². The summed E-state index contributed by atoms with van der Waals surface area (Å²) in [6.07, 6.45) is -1.91. The topological polar surface area (TPSA) is 55.8 Å². The fourth-order valence-corrected chi connectivity index (χ4v) is 2.98. The molecule has 1 heterocycles. The van der Waals surface area contributed by atoms with Crippen LogP contribution in [0.3, 0.4) is 0 Å². The minimum absolute atomic E-state index is 0.310. The standard InChI is InChI=1S/C16H13IO4/c1-20-10-7-5-9(6-8-10)15-14(19)13(18)11-3-2-4-12(17)16(11)21-15/h2-8,14-15,19H,1H3/t14-,15-/m0/s1. The molecule has 0 spiro atoms. The predicted octanol–water partition coefficient (Wildman–Crippen LogP) is 2.98. The molecule has 1 N–H and O–H groups in total. The quantitative estimate of drug-likeness (QED) is 0.794. The molecule has 5 heteroatoms. The van der Waals surface area contributed by atoms with Crippen LogP contribution in [0.25, 0.3) is 0 Å². The van der Waals surface area contributed by atoms with Crippen LogP contribution in [0.5, 0.6) is 11.5 Å². The first-order valence-corrected chi connectivity index (χ1v) is 7.51. The molecule has 108 valence electrons. The fraction of sp³-hybridized carbons (Fsp3) is 0.188. The molecule has 2 aromatic carbocycles. The number of carbonyl (C=O) groups excluding carboxylic acids is 1. The van der Waals surface area contributed by atoms with E-state index in [0.29, 0.717) is 17.1 Å². The maximum Gasteiger partial charge on any atom is 0.199 e. The highest BCUT2D eigenvalue weighted by molar-refractivity contribution is 14.1. The average molecular weight is 396 g/mol. The molecular weight excluding hydrogens is 383 g/mol. The molecule has 0 saturated heterocycles. The first-order chi connectivity index (χ1) is 10.1. The second kappa shape index (κ2) is 5.65. The first-order valence-electron chi connectivity index (χ1n) is 6.43. The maximum atomic E-state index is 12.3. The number of benzene rings is 2. The fourth-order valence-electron chi connectivity index (χ4n) is 2.35. The summed E-state index contributed by atoms with van der Waals surface area (Å²) < 4.78 is 11.8. The Hall–Kier alpha value is -1.60. The van der Waals surface area contributed by atoms with Gasteiger partial charge in [0.05, 0.1) is 16.2 Å². The van der Waals surface area contributed by atoms with Gasteiger partial charge in [0.25, 0.3) is 0 Å². The van der Waals surface area contributed by atoms with Gasteiger partial charge in [-0.15, -0.1) is 0 Å². The Morgan fingerprint density at radius 3 is 2.57 bits per heavy atom. The second-order valence-corrected chi connectivity index (χ2v) is 5.90. The van der Waals surface area contributed by atoms with Gasteiger partial charge in [0.2, 0.25) is 0 Å². The molecule has 21 heavy (non-hydrogen) atoms. The summed E-state index contributed by atoms with van der Waals surface area (Å²) in [4.78, 5) is 12.3. The van der Waals surface area contributed by atoms with E-state index < -0.39 is 12.2 Å². The zero-order chi connectivity index (χ0) is 15.0. The van der Waals surface area contributed by atoms with Crippen LogP contribution in [0.1, 0.15) is 22.0 Å². The van der Waals surface area contributed by atoms with Gasteiger partial charge in [-0.05, 0) is 52.4 Å². The number of carbonyl (C=O) groups is 1. The molecule has 1 aliphatic rings. The van der Waals surface area contributed by atoms with Crippen molar-refractivity contribution in [2.24, 2.45) is 0 Å². The van der Waals surface area contributed by atoms with E-state index >= 15 is 0 Å². The van der Waals surface area contributed by atoms with Crippen molar-refractivity contribution in [1.82, 2.24) is 0 Å². The molecule has 0 aliphatic carbocycles. The third-order valence-corrected chi connectivity index (χ3v) is 4.33. The van der Waals surface area contributed by atoms with Gasteiger partial charge in [-0.25, -0.2) is 0 Å². The number of rotatable bonds is 2. The van der Waals surface area contributed by atoms with Crippen molar-refractivity contribution >= 4 is 28.4 Å². The van der Waals surface area contributed by atoms with Crippen LogP contribution in [0.15, 0.2) is 42.5 Å². The summed E-state index contributed by atoms with van der Waals surface area (Å²) in [6.45, 7) is 0.